The van der Waals surface area contributed by atoms with Gasteiger partial charge in [0, 0.05) is 11.1 Å². The fourth-order valence-corrected chi connectivity index (χ4v) is 2.63. The van der Waals surface area contributed by atoms with Crippen molar-refractivity contribution in [3.63, 3.8) is 0 Å². The van der Waals surface area contributed by atoms with Gasteiger partial charge in [0.1, 0.15) is 0 Å². The molecule has 3 nitrogen and oxygen atoms in total. The van der Waals surface area contributed by atoms with Gasteiger partial charge in [-0.25, -0.2) is 15.0 Å². The Morgan fingerprint density at radius 3 is 2.32 bits per heavy atom. The molecule has 0 bridgehead atoms. The van der Waals surface area contributed by atoms with Crippen molar-refractivity contribution in [2.24, 2.45) is 0 Å². The lowest BCUT2D eigenvalue weighted by Gasteiger charge is -2.11. The summed E-state index contributed by atoms with van der Waals surface area (Å²) in [7, 11) is 0. The number of nitrogens with zero attached hydrogens (tertiary/aromatic N) is 3. The molecule has 0 atom stereocenters. The number of hydrogen-bond acceptors (Lipinski definition) is 3. The number of benzene rings is 2. The van der Waals surface area contributed by atoms with Gasteiger partial charge in [-0.3, -0.25) is 0 Å². The number of hydrogen-bond donors (Lipinski definition) is 0. The van der Waals surface area contributed by atoms with Gasteiger partial charge in [0.15, 0.2) is 17.5 Å². The molecule has 3 heteroatoms. The highest BCUT2D eigenvalue weighted by Gasteiger charge is 2.13. The van der Waals surface area contributed by atoms with Crippen LogP contribution in [0.5, 0.6) is 0 Å². The molecule has 124 valence electrons. The van der Waals surface area contributed by atoms with E-state index in [-0.39, 0.29) is 0 Å². The monoisotopic (exact) mass is 327 g/mol. The summed E-state index contributed by atoms with van der Waals surface area (Å²) in [6.45, 7) is 9.95. The minimum Gasteiger partial charge on any atom is -0.209 e. The van der Waals surface area contributed by atoms with E-state index in [0.29, 0.717) is 17.5 Å². The Bertz CT molecular complexity index is 941. The van der Waals surface area contributed by atoms with Gasteiger partial charge in [-0.15, -0.1) is 0 Å². The third kappa shape index (κ3) is 3.56. The zero-order chi connectivity index (χ0) is 17.8. The Morgan fingerprint density at radius 2 is 1.60 bits per heavy atom. The smallest absolute Gasteiger partial charge is 0.164 e. The average molecular weight is 327 g/mol. The van der Waals surface area contributed by atoms with Crippen LogP contribution in [0.25, 0.3) is 28.3 Å². The number of aryl methyl sites for hydroxylation is 1. The van der Waals surface area contributed by atoms with Gasteiger partial charge in [0.05, 0.1) is 0 Å². The minimum atomic E-state index is 0.671. The first-order valence-corrected chi connectivity index (χ1v) is 8.28. The molecule has 0 amide bonds. The first-order valence-electron chi connectivity index (χ1n) is 8.28. The molecular formula is C22H21N3. The van der Waals surface area contributed by atoms with Crippen molar-refractivity contribution in [3.05, 3.63) is 84.2 Å². The van der Waals surface area contributed by atoms with Crippen molar-refractivity contribution in [1.82, 2.24) is 15.0 Å². The molecular weight excluding hydrogens is 306 g/mol. The maximum Gasteiger partial charge on any atom is 0.164 e. The predicted molar refractivity (Wildman–Crippen MR) is 104 cm³/mol. The van der Waals surface area contributed by atoms with E-state index < -0.39 is 0 Å². The summed E-state index contributed by atoms with van der Waals surface area (Å²) in [5.41, 5.74) is 5.38. The van der Waals surface area contributed by atoms with Crippen molar-refractivity contribution >= 4 is 5.57 Å². The molecule has 3 rings (SSSR count). The molecule has 1 aromatic heterocycles. The topological polar surface area (TPSA) is 38.7 Å². The van der Waals surface area contributed by atoms with E-state index in [0.717, 1.165) is 16.7 Å². The summed E-state index contributed by atoms with van der Waals surface area (Å²) in [6, 6.07) is 16.2. The van der Waals surface area contributed by atoms with Crippen molar-refractivity contribution in [3.8, 4) is 22.8 Å². The fraction of sp³-hybridized carbons (Fsp3) is 0.136. The van der Waals surface area contributed by atoms with Crippen LogP contribution >= 0.6 is 0 Å². The van der Waals surface area contributed by atoms with E-state index >= 15 is 0 Å². The highest BCUT2D eigenvalue weighted by atomic mass is 15.0. The van der Waals surface area contributed by atoms with Gasteiger partial charge in [-0.2, -0.15) is 0 Å². The van der Waals surface area contributed by atoms with E-state index in [2.05, 4.69) is 37.5 Å². The van der Waals surface area contributed by atoms with Gasteiger partial charge in [-0.05, 0) is 37.5 Å². The average Bonchev–Trinajstić information content (AvgIpc) is 2.64. The summed E-state index contributed by atoms with van der Waals surface area (Å²) < 4.78 is 0. The summed E-state index contributed by atoms with van der Waals surface area (Å²) in [4.78, 5) is 14.1. The molecule has 3 aromatic rings. The summed E-state index contributed by atoms with van der Waals surface area (Å²) in [5, 5.41) is 0. The van der Waals surface area contributed by atoms with Crippen LogP contribution in [0.1, 0.15) is 23.9 Å². The van der Waals surface area contributed by atoms with Crippen molar-refractivity contribution < 1.29 is 0 Å². The second-order valence-electron chi connectivity index (χ2n) is 6.01. The van der Waals surface area contributed by atoms with Gasteiger partial charge >= 0.3 is 0 Å². The Balaban J connectivity index is 2.25. The molecule has 2 aromatic carbocycles. The molecule has 0 N–H and O–H groups in total. The van der Waals surface area contributed by atoms with Crippen LogP contribution < -0.4 is 0 Å². The van der Waals surface area contributed by atoms with Gasteiger partial charge < -0.3 is 0 Å². The van der Waals surface area contributed by atoms with Crippen LogP contribution in [0.15, 0.2) is 67.3 Å². The molecule has 0 aliphatic heterocycles. The molecule has 0 unspecified atom stereocenters. The fourth-order valence-electron chi connectivity index (χ4n) is 2.63. The standard InChI is InChI=1S/C22H21N3/c1-5-10-16(3)20-23-21(18-12-7-6-8-13-18)25-22(24-20)19-14-9-11-15(2)17(19)4/h5-14H,1H2,2-4H3/b16-10+. The van der Waals surface area contributed by atoms with E-state index in [9.17, 15) is 0 Å². The second-order valence-corrected chi connectivity index (χ2v) is 6.01. The third-order valence-electron chi connectivity index (χ3n) is 4.23. The van der Waals surface area contributed by atoms with E-state index in [1.54, 1.807) is 6.08 Å². The Kier molecular flexibility index (Phi) is 4.85. The maximum atomic E-state index is 4.74. The molecule has 25 heavy (non-hydrogen) atoms. The maximum absolute atomic E-state index is 4.74. The highest BCUT2D eigenvalue weighted by molar-refractivity contribution is 5.68. The zero-order valence-electron chi connectivity index (χ0n) is 14.8. The Morgan fingerprint density at radius 1 is 0.880 bits per heavy atom. The third-order valence-corrected chi connectivity index (χ3v) is 4.23. The minimum absolute atomic E-state index is 0.671. The summed E-state index contributed by atoms with van der Waals surface area (Å²) in [6.07, 6.45) is 3.66. The highest BCUT2D eigenvalue weighted by Crippen LogP contribution is 2.26. The van der Waals surface area contributed by atoms with Crippen LogP contribution in [0, 0.1) is 13.8 Å². The van der Waals surface area contributed by atoms with Crippen LogP contribution in [0.4, 0.5) is 0 Å². The van der Waals surface area contributed by atoms with Crippen LogP contribution in [-0.2, 0) is 0 Å². The van der Waals surface area contributed by atoms with Crippen LogP contribution in [-0.4, -0.2) is 15.0 Å². The SMILES string of the molecule is C=C/C=C(\C)c1nc(-c2ccccc2)nc(-c2cccc(C)c2C)n1. The Hall–Kier alpha value is -3.07. The number of allylic oxidation sites excluding steroid dienone is 3. The number of aromatic nitrogens is 3. The lowest BCUT2D eigenvalue weighted by molar-refractivity contribution is 1.03. The molecule has 0 radical (unpaired) electrons. The summed E-state index contributed by atoms with van der Waals surface area (Å²) in [5.74, 6) is 2.05. The van der Waals surface area contributed by atoms with Gasteiger partial charge in [-0.1, -0.05) is 67.3 Å². The first kappa shape index (κ1) is 16.8. The molecule has 0 saturated heterocycles. The molecule has 1 heterocycles. The normalized spacial score (nSPS) is 11.4. The summed E-state index contributed by atoms with van der Waals surface area (Å²) >= 11 is 0. The van der Waals surface area contributed by atoms with Gasteiger partial charge in [0.25, 0.3) is 0 Å². The largest absolute Gasteiger partial charge is 0.209 e. The van der Waals surface area contributed by atoms with E-state index in [1.165, 1.54) is 11.1 Å². The first-order chi connectivity index (χ1) is 12.1. The van der Waals surface area contributed by atoms with Crippen LogP contribution in [0.2, 0.25) is 0 Å². The Labute approximate surface area is 148 Å². The molecule has 0 spiro atoms. The number of rotatable bonds is 4. The second kappa shape index (κ2) is 7.22. The van der Waals surface area contributed by atoms with Crippen LogP contribution in [0.3, 0.4) is 0 Å². The lowest BCUT2D eigenvalue weighted by atomic mass is 10.0. The van der Waals surface area contributed by atoms with Crippen molar-refractivity contribution in [2.75, 3.05) is 0 Å². The predicted octanol–water partition coefficient (Wildman–Crippen LogP) is 5.41. The van der Waals surface area contributed by atoms with E-state index in [4.69, 9.17) is 9.97 Å². The van der Waals surface area contributed by atoms with Crippen molar-refractivity contribution in [1.29, 1.82) is 0 Å². The molecule has 0 aliphatic rings. The molecule has 0 fully saturated rings. The zero-order valence-corrected chi connectivity index (χ0v) is 14.8. The molecule has 0 aliphatic carbocycles. The van der Waals surface area contributed by atoms with E-state index in [1.807, 2.05) is 49.4 Å². The van der Waals surface area contributed by atoms with Crippen molar-refractivity contribution in [2.45, 2.75) is 20.8 Å². The molecule has 0 saturated carbocycles. The lowest BCUT2D eigenvalue weighted by Crippen LogP contribution is -2.03. The van der Waals surface area contributed by atoms with Gasteiger partial charge in [0.2, 0.25) is 0 Å². The quantitative estimate of drug-likeness (QED) is 0.601.